The number of hydrogen-bond acceptors (Lipinski definition) is 3. The highest BCUT2D eigenvalue weighted by atomic mass is 16.3. The maximum Gasteiger partial charge on any atom is 0.143 e. The van der Waals surface area contributed by atoms with E-state index in [2.05, 4.69) is 181 Å². The summed E-state index contributed by atoms with van der Waals surface area (Å²) in [5.41, 5.74) is 13.5. The van der Waals surface area contributed by atoms with Crippen molar-refractivity contribution in [1.29, 1.82) is 0 Å². The van der Waals surface area contributed by atoms with Gasteiger partial charge in [-0.2, -0.15) is 0 Å². The molecule has 0 aliphatic heterocycles. The third-order valence-corrected chi connectivity index (χ3v) is 10.9. The van der Waals surface area contributed by atoms with Crippen LogP contribution in [0, 0.1) is 0 Å². The van der Waals surface area contributed by atoms with E-state index in [9.17, 15) is 0 Å². The van der Waals surface area contributed by atoms with Gasteiger partial charge >= 0.3 is 0 Å². The van der Waals surface area contributed by atoms with E-state index in [0.29, 0.717) is 0 Å². The quantitative estimate of drug-likeness (QED) is 0.173. The fourth-order valence-electron chi connectivity index (χ4n) is 8.39. The molecule has 0 saturated heterocycles. The molecule has 0 amide bonds. The predicted molar refractivity (Wildman–Crippen MR) is 229 cm³/mol. The maximum atomic E-state index is 6.53. The van der Waals surface area contributed by atoms with E-state index in [1.165, 1.54) is 27.5 Å². The lowest BCUT2D eigenvalue weighted by atomic mass is 9.90. The monoisotopic (exact) mass is 703 g/mol. The minimum Gasteiger partial charge on any atom is -0.456 e. The molecule has 0 radical (unpaired) electrons. The van der Waals surface area contributed by atoms with Crippen LogP contribution >= 0.6 is 0 Å². The van der Waals surface area contributed by atoms with Crippen LogP contribution in [0.5, 0.6) is 0 Å². The van der Waals surface area contributed by atoms with Crippen molar-refractivity contribution in [2.45, 2.75) is 0 Å². The van der Waals surface area contributed by atoms with Gasteiger partial charge in [-0.1, -0.05) is 152 Å². The second kappa shape index (κ2) is 12.6. The van der Waals surface area contributed by atoms with E-state index in [1.807, 2.05) is 24.3 Å². The Morgan fingerprint density at radius 2 is 0.909 bits per heavy atom. The first kappa shape index (κ1) is 31.2. The lowest BCUT2D eigenvalue weighted by Crippen LogP contribution is -2.11. The molecule has 0 saturated carbocycles. The van der Waals surface area contributed by atoms with Crippen LogP contribution < -0.4 is 4.90 Å². The lowest BCUT2D eigenvalue weighted by molar-refractivity contribution is 0.669. The van der Waals surface area contributed by atoms with Crippen molar-refractivity contribution in [3.05, 3.63) is 200 Å². The van der Waals surface area contributed by atoms with Gasteiger partial charge in [0, 0.05) is 44.0 Å². The van der Waals surface area contributed by atoms with E-state index in [4.69, 9.17) is 8.83 Å². The zero-order valence-electron chi connectivity index (χ0n) is 29.8. The van der Waals surface area contributed by atoms with Crippen LogP contribution in [-0.4, -0.2) is 0 Å². The largest absolute Gasteiger partial charge is 0.456 e. The van der Waals surface area contributed by atoms with Crippen LogP contribution in [0.15, 0.2) is 209 Å². The van der Waals surface area contributed by atoms with Gasteiger partial charge in [0.05, 0.1) is 5.69 Å². The van der Waals surface area contributed by atoms with Crippen molar-refractivity contribution in [1.82, 2.24) is 0 Å². The minimum atomic E-state index is 0.866. The Bertz CT molecular complexity index is 3220. The molecule has 3 heteroatoms. The Labute approximate surface area is 317 Å². The van der Waals surface area contributed by atoms with Crippen LogP contribution in [-0.2, 0) is 0 Å². The predicted octanol–water partition coefficient (Wildman–Crippen LogP) is 15.1. The van der Waals surface area contributed by atoms with Crippen molar-refractivity contribution >= 4 is 71.7 Å². The first-order chi connectivity index (χ1) is 27.3. The summed E-state index contributed by atoms with van der Waals surface area (Å²) >= 11 is 0. The average molecular weight is 704 g/mol. The van der Waals surface area contributed by atoms with E-state index in [1.54, 1.807) is 0 Å². The van der Waals surface area contributed by atoms with Crippen LogP contribution in [0.1, 0.15) is 0 Å². The van der Waals surface area contributed by atoms with Crippen molar-refractivity contribution in [2.24, 2.45) is 0 Å². The first-order valence-corrected chi connectivity index (χ1v) is 18.7. The highest BCUT2D eigenvalue weighted by molar-refractivity contribution is 6.11. The molecular formula is C52H33NO2. The molecule has 55 heavy (non-hydrogen) atoms. The summed E-state index contributed by atoms with van der Waals surface area (Å²) in [5, 5.41) is 6.84. The maximum absolute atomic E-state index is 6.53. The van der Waals surface area contributed by atoms with Crippen molar-refractivity contribution in [3.63, 3.8) is 0 Å². The summed E-state index contributed by atoms with van der Waals surface area (Å²) in [5.74, 6) is 0. The molecule has 0 aliphatic rings. The highest BCUT2D eigenvalue weighted by Crippen LogP contribution is 2.47. The second-order valence-corrected chi connectivity index (χ2v) is 14.0. The molecule has 0 aliphatic carbocycles. The van der Waals surface area contributed by atoms with E-state index in [0.717, 1.165) is 77.6 Å². The molecule has 0 fully saturated rings. The fraction of sp³-hybridized carbons (Fsp3) is 0. The summed E-state index contributed by atoms with van der Waals surface area (Å²) < 4.78 is 12.8. The SMILES string of the molecule is c1ccc(-c2cccc3cccc(-c4ccccc4N(c4cccc(-c5cccc6c5oc5ccccc56)c4)c4ccc5oc6ccccc6c5c4)c23)cc1. The molecule has 258 valence electrons. The summed E-state index contributed by atoms with van der Waals surface area (Å²) in [6.45, 7) is 0. The normalized spacial score (nSPS) is 11.6. The van der Waals surface area contributed by atoms with Gasteiger partial charge in [-0.25, -0.2) is 0 Å². The Hall–Kier alpha value is -7.36. The zero-order chi connectivity index (χ0) is 36.3. The molecule has 0 atom stereocenters. The van der Waals surface area contributed by atoms with Gasteiger partial charge in [0.25, 0.3) is 0 Å². The first-order valence-electron chi connectivity index (χ1n) is 18.7. The summed E-state index contributed by atoms with van der Waals surface area (Å²) in [6, 6.07) is 71.1. The van der Waals surface area contributed by atoms with Gasteiger partial charge in [-0.3, -0.25) is 0 Å². The van der Waals surface area contributed by atoms with Gasteiger partial charge < -0.3 is 13.7 Å². The third-order valence-electron chi connectivity index (χ3n) is 10.9. The van der Waals surface area contributed by atoms with Gasteiger partial charge in [-0.15, -0.1) is 0 Å². The van der Waals surface area contributed by atoms with Gasteiger partial charge in [0.1, 0.15) is 22.3 Å². The second-order valence-electron chi connectivity index (χ2n) is 14.0. The fourth-order valence-corrected chi connectivity index (χ4v) is 8.39. The molecule has 3 nitrogen and oxygen atoms in total. The molecule has 11 aromatic rings. The van der Waals surface area contributed by atoms with Gasteiger partial charge in [0.15, 0.2) is 0 Å². The van der Waals surface area contributed by atoms with E-state index in [-0.39, 0.29) is 0 Å². The number of para-hydroxylation sites is 4. The van der Waals surface area contributed by atoms with Crippen LogP contribution in [0.4, 0.5) is 17.1 Å². The van der Waals surface area contributed by atoms with Crippen molar-refractivity contribution in [3.8, 4) is 33.4 Å². The molecular weight excluding hydrogens is 671 g/mol. The number of hydrogen-bond donors (Lipinski definition) is 0. The lowest BCUT2D eigenvalue weighted by Gasteiger charge is -2.29. The number of nitrogens with zero attached hydrogens (tertiary/aromatic N) is 1. The Morgan fingerprint density at radius 3 is 1.76 bits per heavy atom. The van der Waals surface area contributed by atoms with Crippen molar-refractivity contribution in [2.75, 3.05) is 4.90 Å². The standard InChI is InChI=1S/C52H33NO2/c1-2-14-34(15-3-1)39-23-11-16-35-17-12-25-44(51(35)39)41-20-4-7-27-47(41)53(38-30-31-50-46(33-38)43-22-6-8-28-48(43)54-50)37-19-10-18-36(32-37)40-24-13-26-45-42-21-5-9-29-49(42)55-52(40)45/h1-33H. The molecule has 0 bridgehead atoms. The van der Waals surface area contributed by atoms with E-state index < -0.39 is 0 Å². The van der Waals surface area contributed by atoms with Gasteiger partial charge in [0.2, 0.25) is 0 Å². The van der Waals surface area contributed by atoms with Crippen molar-refractivity contribution < 1.29 is 8.83 Å². The Balaban J connectivity index is 1.16. The smallest absolute Gasteiger partial charge is 0.143 e. The molecule has 11 rings (SSSR count). The zero-order valence-corrected chi connectivity index (χ0v) is 29.8. The Morgan fingerprint density at radius 1 is 0.327 bits per heavy atom. The average Bonchev–Trinajstić information content (AvgIpc) is 3.82. The van der Waals surface area contributed by atoms with Gasteiger partial charge in [-0.05, 0) is 81.6 Å². The molecule has 2 aromatic heterocycles. The summed E-state index contributed by atoms with van der Waals surface area (Å²) in [7, 11) is 0. The number of furan rings is 2. The van der Waals surface area contributed by atoms with Crippen LogP contribution in [0.25, 0.3) is 88.0 Å². The number of benzene rings is 9. The van der Waals surface area contributed by atoms with Crippen LogP contribution in [0.2, 0.25) is 0 Å². The Kier molecular flexibility index (Phi) is 7.17. The highest BCUT2D eigenvalue weighted by Gasteiger charge is 2.22. The summed E-state index contributed by atoms with van der Waals surface area (Å²) in [6.07, 6.45) is 0. The topological polar surface area (TPSA) is 29.5 Å². The van der Waals surface area contributed by atoms with E-state index >= 15 is 0 Å². The minimum absolute atomic E-state index is 0.866. The number of fused-ring (bicyclic) bond motifs is 7. The molecule has 9 aromatic carbocycles. The van der Waals surface area contributed by atoms with Crippen LogP contribution in [0.3, 0.4) is 0 Å². The molecule has 0 unspecified atom stereocenters. The molecule has 0 spiro atoms. The number of rotatable bonds is 6. The molecule has 0 N–H and O–H groups in total. The molecule has 2 heterocycles. The number of anilines is 3. The third kappa shape index (κ3) is 5.13. The summed E-state index contributed by atoms with van der Waals surface area (Å²) in [4.78, 5) is 2.39.